The smallest absolute Gasteiger partial charge is 0.309 e. The maximum absolute atomic E-state index is 10.6. The lowest BCUT2D eigenvalue weighted by Gasteiger charge is -2.35. The summed E-state index contributed by atoms with van der Waals surface area (Å²) in [6.07, 6.45) is 0.0177. The summed E-state index contributed by atoms with van der Waals surface area (Å²) < 4.78 is 0. The van der Waals surface area contributed by atoms with Gasteiger partial charge in [-0.05, 0) is 5.92 Å². The Bertz CT molecular complexity index is 425. The molecule has 6 heteroatoms. The number of hydrogen-bond acceptors (Lipinski definition) is 5. The highest BCUT2D eigenvalue weighted by molar-refractivity contribution is 7.13. The summed E-state index contributed by atoms with van der Waals surface area (Å²) in [7, 11) is 0. The lowest BCUT2D eigenvalue weighted by atomic mass is 10.2. The van der Waals surface area contributed by atoms with Crippen LogP contribution in [0.4, 0.5) is 5.13 Å². The van der Waals surface area contributed by atoms with Crippen molar-refractivity contribution in [2.75, 3.05) is 37.6 Å². The minimum absolute atomic E-state index is 0.0177. The molecule has 1 saturated heterocycles. The van der Waals surface area contributed by atoms with Crippen molar-refractivity contribution in [2.24, 2.45) is 5.92 Å². The van der Waals surface area contributed by atoms with Crippen LogP contribution in [0.3, 0.4) is 0 Å². The monoisotopic (exact) mass is 283 g/mol. The van der Waals surface area contributed by atoms with Crippen molar-refractivity contribution in [1.82, 2.24) is 9.88 Å². The summed E-state index contributed by atoms with van der Waals surface area (Å²) in [4.78, 5) is 19.8. The number of anilines is 1. The fourth-order valence-electron chi connectivity index (χ4n) is 2.32. The number of piperazine rings is 1. The van der Waals surface area contributed by atoms with E-state index in [1.165, 1.54) is 0 Å². The van der Waals surface area contributed by atoms with E-state index < -0.39 is 5.97 Å². The number of aromatic nitrogens is 1. The summed E-state index contributed by atoms with van der Waals surface area (Å²) in [5.74, 6) is -0.118. The number of carboxylic acids is 1. The highest BCUT2D eigenvalue weighted by Crippen LogP contribution is 2.22. The number of rotatable bonds is 5. The average Bonchev–Trinajstić information content (AvgIpc) is 2.76. The number of carboxylic acid groups (broad SMARTS) is 1. The van der Waals surface area contributed by atoms with Gasteiger partial charge in [-0.15, -0.1) is 11.3 Å². The van der Waals surface area contributed by atoms with Crippen LogP contribution in [0.15, 0.2) is 5.38 Å². The molecule has 0 spiro atoms. The molecule has 1 aromatic rings. The molecule has 106 valence electrons. The zero-order valence-corrected chi connectivity index (χ0v) is 12.3. The normalized spacial score (nSPS) is 17.1. The van der Waals surface area contributed by atoms with Crippen molar-refractivity contribution in [3.8, 4) is 0 Å². The lowest BCUT2D eigenvalue weighted by Crippen LogP contribution is -2.47. The van der Waals surface area contributed by atoms with Gasteiger partial charge in [-0.2, -0.15) is 0 Å². The first-order valence-electron chi connectivity index (χ1n) is 6.68. The first-order valence-corrected chi connectivity index (χ1v) is 7.56. The molecule has 19 heavy (non-hydrogen) atoms. The number of aliphatic carboxylic acids is 1. The lowest BCUT2D eigenvalue weighted by molar-refractivity contribution is -0.136. The Morgan fingerprint density at radius 3 is 2.68 bits per heavy atom. The molecule has 1 aromatic heterocycles. The van der Waals surface area contributed by atoms with E-state index in [0.29, 0.717) is 11.6 Å². The van der Waals surface area contributed by atoms with Gasteiger partial charge in [-0.1, -0.05) is 13.8 Å². The first kappa shape index (κ1) is 14.3. The third-order valence-corrected chi connectivity index (χ3v) is 4.09. The fraction of sp³-hybridized carbons (Fsp3) is 0.692. The molecule has 0 radical (unpaired) electrons. The number of nitrogens with zero attached hydrogens (tertiary/aromatic N) is 3. The maximum Gasteiger partial charge on any atom is 0.309 e. The van der Waals surface area contributed by atoms with E-state index in [2.05, 4.69) is 28.6 Å². The van der Waals surface area contributed by atoms with Crippen LogP contribution in [0.25, 0.3) is 0 Å². The van der Waals surface area contributed by atoms with E-state index in [0.717, 1.165) is 37.9 Å². The van der Waals surface area contributed by atoms with Gasteiger partial charge in [0.05, 0.1) is 12.1 Å². The predicted molar refractivity (Wildman–Crippen MR) is 76.9 cm³/mol. The van der Waals surface area contributed by atoms with Crippen LogP contribution < -0.4 is 4.90 Å². The predicted octanol–water partition coefficient (Wildman–Crippen LogP) is 1.55. The molecule has 0 atom stereocenters. The topological polar surface area (TPSA) is 56.7 Å². The van der Waals surface area contributed by atoms with Crippen LogP contribution in [0.1, 0.15) is 19.5 Å². The Hall–Kier alpha value is -1.14. The van der Waals surface area contributed by atoms with E-state index in [1.807, 2.05) is 5.38 Å². The minimum atomic E-state index is -0.821. The fourth-order valence-corrected chi connectivity index (χ4v) is 3.19. The molecule has 0 amide bonds. The second-order valence-corrected chi connectivity index (χ2v) is 6.21. The molecule has 0 saturated carbocycles. The van der Waals surface area contributed by atoms with Gasteiger partial charge in [-0.25, -0.2) is 4.98 Å². The molecule has 1 aliphatic heterocycles. The van der Waals surface area contributed by atoms with Crippen molar-refractivity contribution in [2.45, 2.75) is 20.3 Å². The van der Waals surface area contributed by atoms with Gasteiger partial charge in [-0.3, -0.25) is 9.69 Å². The standard InChI is InChI=1S/C13H21N3O2S/c1-10(2)8-15-3-5-16(6-4-15)13-14-11(9-19-13)7-12(17)18/h9-10H,3-8H2,1-2H3,(H,17,18). The summed E-state index contributed by atoms with van der Waals surface area (Å²) in [5, 5.41) is 11.6. The zero-order chi connectivity index (χ0) is 13.8. The van der Waals surface area contributed by atoms with Crippen molar-refractivity contribution >= 4 is 22.4 Å². The van der Waals surface area contributed by atoms with E-state index in [1.54, 1.807) is 11.3 Å². The van der Waals surface area contributed by atoms with Crippen LogP contribution >= 0.6 is 11.3 Å². The Morgan fingerprint density at radius 1 is 1.42 bits per heavy atom. The number of carbonyl (C=O) groups is 1. The second-order valence-electron chi connectivity index (χ2n) is 5.37. The van der Waals surface area contributed by atoms with Gasteiger partial charge >= 0.3 is 5.97 Å². The third-order valence-electron chi connectivity index (χ3n) is 3.14. The average molecular weight is 283 g/mol. The Morgan fingerprint density at radius 2 is 2.11 bits per heavy atom. The van der Waals surface area contributed by atoms with Crippen molar-refractivity contribution in [3.63, 3.8) is 0 Å². The van der Waals surface area contributed by atoms with Crippen molar-refractivity contribution < 1.29 is 9.90 Å². The molecule has 2 rings (SSSR count). The maximum atomic E-state index is 10.6. The van der Waals surface area contributed by atoms with Gasteiger partial charge < -0.3 is 10.0 Å². The number of thiazole rings is 1. The largest absolute Gasteiger partial charge is 0.481 e. The molecule has 1 aliphatic rings. The molecule has 0 aromatic carbocycles. The Balaban J connectivity index is 1.87. The highest BCUT2D eigenvalue weighted by atomic mass is 32.1. The molecule has 1 N–H and O–H groups in total. The van der Waals surface area contributed by atoms with E-state index in [-0.39, 0.29) is 6.42 Å². The SMILES string of the molecule is CC(C)CN1CCN(c2nc(CC(=O)O)cs2)CC1. The second kappa shape index (κ2) is 6.34. The van der Waals surface area contributed by atoms with E-state index >= 15 is 0 Å². The summed E-state index contributed by atoms with van der Waals surface area (Å²) >= 11 is 1.55. The highest BCUT2D eigenvalue weighted by Gasteiger charge is 2.20. The van der Waals surface area contributed by atoms with Crippen molar-refractivity contribution in [1.29, 1.82) is 0 Å². The molecule has 0 aliphatic carbocycles. The van der Waals surface area contributed by atoms with Crippen LogP contribution in [0, 0.1) is 5.92 Å². The quantitative estimate of drug-likeness (QED) is 0.888. The van der Waals surface area contributed by atoms with Crippen molar-refractivity contribution in [3.05, 3.63) is 11.1 Å². The summed E-state index contributed by atoms with van der Waals surface area (Å²) in [5.41, 5.74) is 0.664. The Kier molecular flexibility index (Phi) is 4.76. The molecule has 2 heterocycles. The molecular weight excluding hydrogens is 262 g/mol. The van der Waals surface area contributed by atoms with Gasteiger partial charge in [0.1, 0.15) is 0 Å². The third kappa shape index (κ3) is 4.18. The zero-order valence-electron chi connectivity index (χ0n) is 11.5. The van der Waals surface area contributed by atoms with E-state index in [4.69, 9.17) is 5.11 Å². The Labute approximate surface area is 117 Å². The minimum Gasteiger partial charge on any atom is -0.481 e. The molecule has 0 bridgehead atoms. The van der Waals surface area contributed by atoms with E-state index in [9.17, 15) is 4.79 Å². The summed E-state index contributed by atoms with van der Waals surface area (Å²) in [6, 6.07) is 0. The van der Waals surface area contributed by atoms with Crippen LogP contribution in [0.2, 0.25) is 0 Å². The number of hydrogen-bond donors (Lipinski definition) is 1. The molecular formula is C13H21N3O2S. The van der Waals surface area contributed by atoms with Crippen LogP contribution in [-0.2, 0) is 11.2 Å². The van der Waals surface area contributed by atoms with Crippen LogP contribution in [0.5, 0.6) is 0 Å². The molecule has 5 nitrogen and oxygen atoms in total. The van der Waals surface area contributed by atoms with Crippen LogP contribution in [-0.4, -0.2) is 53.7 Å². The van der Waals surface area contributed by atoms with Gasteiger partial charge in [0.25, 0.3) is 0 Å². The molecule has 1 fully saturated rings. The van der Waals surface area contributed by atoms with Gasteiger partial charge in [0.2, 0.25) is 0 Å². The summed E-state index contributed by atoms with van der Waals surface area (Å²) in [6.45, 7) is 9.71. The molecule has 0 unspecified atom stereocenters. The first-order chi connectivity index (χ1) is 9.04. The van der Waals surface area contributed by atoms with Gasteiger partial charge in [0.15, 0.2) is 5.13 Å². The van der Waals surface area contributed by atoms with Gasteiger partial charge in [0, 0.05) is 38.1 Å².